The molecule has 1 aromatic rings. The summed E-state index contributed by atoms with van der Waals surface area (Å²) >= 11 is 10.1. The van der Waals surface area contributed by atoms with E-state index in [0.29, 0.717) is 0 Å². The number of hydrogen-bond donors (Lipinski definition) is 1. The predicted molar refractivity (Wildman–Crippen MR) is 79.6 cm³/mol. The van der Waals surface area contributed by atoms with Crippen molar-refractivity contribution in [3.05, 3.63) is 35.4 Å². The van der Waals surface area contributed by atoms with Crippen LogP contribution in [-0.4, -0.2) is 41.4 Å². The number of halogens is 3. The second-order valence-corrected chi connectivity index (χ2v) is 3.31. The molecule has 0 saturated heterocycles. The Morgan fingerprint density at radius 2 is 1.53 bits per heavy atom. The highest BCUT2D eigenvalue weighted by molar-refractivity contribution is 6.22. The van der Waals surface area contributed by atoms with E-state index >= 15 is 0 Å². The van der Waals surface area contributed by atoms with Crippen LogP contribution in [0.2, 0.25) is 0 Å². The first-order valence-electron chi connectivity index (χ1n) is 8.57. The number of carbonyl (C=O) groups is 2. The third kappa shape index (κ3) is 4.35. The van der Waals surface area contributed by atoms with Crippen LogP contribution in [0.15, 0.2) is 24.3 Å². The lowest BCUT2D eigenvalue weighted by Gasteiger charge is -2.10. The SMILES string of the molecule is Cl.[2H]C([2H])(Cl)C([2H])([2H])N1C(=O)c2ccccc2C1=O.[2H]C([2H])(N)C([2H])([2H])Cl. The summed E-state index contributed by atoms with van der Waals surface area (Å²) in [6.45, 7) is -5.39. The molecular weight excluding hydrogens is 311 g/mol. The standard InChI is InChI=1S/C10H8ClNO2.C2H6ClN.ClH/c11-5-6-12-9(13)7-3-1-2-4-8(7)10(12)14;3-1-2-4;/h1-4H,5-6H2;1-2,4H2;1H/i5D2,6D2;1D2,2D2;. The molecule has 0 bridgehead atoms. The minimum Gasteiger partial charge on any atom is -0.329 e. The van der Waals surface area contributed by atoms with Crippen LogP contribution in [0.4, 0.5) is 0 Å². The topological polar surface area (TPSA) is 63.4 Å². The lowest BCUT2D eigenvalue weighted by molar-refractivity contribution is 0.0664. The van der Waals surface area contributed by atoms with Gasteiger partial charge in [-0.1, -0.05) is 12.1 Å². The summed E-state index contributed by atoms with van der Waals surface area (Å²) in [5.74, 6) is -7.12. The number of carbonyl (C=O) groups excluding carboxylic acids is 2. The molecule has 0 unspecified atom stereocenters. The Hall–Kier alpha value is -0.810. The third-order valence-electron chi connectivity index (χ3n) is 2.00. The van der Waals surface area contributed by atoms with Crippen molar-refractivity contribution in [1.29, 1.82) is 0 Å². The van der Waals surface area contributed by atoms with Crippen LogP contribution in [0, 0.1) is 0 Å². The second kappa shape index (κ2) is 9.15. The number of hydrogen-bond acceptors (Lipinski definition) is 3. The van der Waals surface area contributed by atoms with Crippen LogP contribution in [0.1, 0.15) is 31.7 Å². The van der Waals surface area contributed by atoms with Gasteiger partial charge in [0.1, 0.15) is 0 Å². The maximum atomic E-state index is 11.9. The lowest BCUT2D eigenvalue weighted by atomic mass is 10.1. The molecule has 0 aliphatic carbocycles. The van der Waals surface area contributed by atoms with E-state index in [1.165, 1.54) is 12.1 Å². The van der Waals surface area contributed by atoms with Gasteiger partial charge in [-0.05, 0) is 12.1 Å². The summed E-state index contributed by atoms with van der Waals surface area (Å²) in [5.41, 5.74) is 4.74. The predicted octanol–water partition coefficient (Wildman–Crippen LogP) is 2.13. The van der Waals surface area contributed by atoms with E-state index in [9.17, 15) is 9.59 Å². The molecule has 0 saturated carbocycles. The van der Waals surface area contributed by atoms with Gasteiger partial charge in [0.15, 0.2) is 0 Å². The van der Waals surface area contributed by atoms with E-state index < -0.39 is 36.5 Å². The van der Waals surface area contributed by atoms with Gasteiger partial charge >= 0.3 is 0 Å². The summed E-state index contributed by atoms with van der Waals surface area (Å²) < 4.78 is 55.6. The van der Waals surface area contributed by atoms with Crippen molar-refractivity contribution >= 4 is 47.4 Å². The van der Waals surface area contributed by atoms with E-state index in [0.717, 1.165) is 0 Å². The molecule has 106 valence electrons. The smallest absolute Gasteiger partial charge is 0.261 e. The van der Waals surface area contributed by atoms with E-state index in [2.05, 4.69) is 5.73 Å². The lowest BCUT2D eigenvalue weighted by Crippen LogP contribution is -2.31. The fourth-order valence-corrected chi connectivity index (χ4v) is 1.42. The minimum atomic E-state index is -2.93. The molecule has 2 amide bonds. The number of nitrogens with zero attached hydrogens (tertiary/aromatic N) is 1. The van der Waals surface area contributed by atoms with E-state index in [4.69, 9.17) is 34.2 Å². The number of nitrogens with two attached hydrogens (primary N) is 1. The number of rotatable bonds is 3. The average Bonchev–Trinajstić information content (AvgIpc) is 2.69. The zero-order valence-electron chi connectivity index (χ0n) is 17.3. The van der Waals surface area contributed by atoms with Crippen LogP contribution in [-0.2, 0) is 0 Å². The van der Waals surface area contributed by atoms with Crippen molar-refractivity contribution in [2.75, 3.05) is 24.7 Å². The molecule has 0 aromatic heterocycles. The molecule has 1 aliphatic rings. The summed E-state index contributed by atoms with van der Waals surface area (Å²) in [5, 5.41) is 0. The number of amides is 2. The number of imide groups is 1. The maximum absolute atomic E-state index is 11.9. The molecule has 0 atom stereocenters. The Kier molecular flexibility index (Phi) is 4.08. The average molecular weight is 334 g/mol. The Bertz CT molecular complexity index is 669. The molecule has 4 nitrogen and oxygen atoms in total. The van der Waals surface area contributed by atoms with Crippen molar-refractivity contribution < 1.29 is 20.6 Å². The molecule has 1 heterocycles. The third-order valence-corrected chi connectivity index (χ3v) is 2.20. The summed E-state index contributed by atoms with van der Waals surface area (Å²) in [7, 11) is 0. The van der Waals surface area contributed by atoms with Gasteiger partial charge in [-0.2, -0.15) is 0 Å². The van der Waals surface area contributed by atoms with Gasteiger partial charge in [-0.25, -0.2) is 0 Å². The van der Waals surface area contributed by atoms with Crippen LogP contribution in [0.5, 0.6) is 0 Å². The molecule has 2 rings (SSSR count). The van der Waals surface area contributed by atoms with Crippen LogP contribution < -0.4 is 5.73 Å². The van der Waals surface area contributed by atoms with Gasteiger partial charge in [0, 0.05) is 32.9 Å². The van der Waals surface area contributed by atoms with Gasteiger partial charge in [0.05, 0.1) is 13.9 Å². The van der Waals surface area contributed by atoms with Gasteiger partial charge in [0.25, 0.3) is 11.8 Å². The highest BCUT2D eigenvalue weighted by atomic mass is 35.5. The normalized spacial score (nSPS) is 21.7. The summed E-state index contributed by atoms with van der Waals surface area (Å²) in [6, 6.07) is 5.85. The highest BCUT2D eigenvalue weighted by Gasteiger charge is 2.34. The fourth-order valence-electron chi connectivity index (χ4n) is 1.33. The Morgan fingerprint density at radius 3 is 1.84 bits per heavy atom. The molecule has 7 heteroatoms. The number of benzene rings is 1. The van der Waals surface area contributed by atoms with Crippen molar-refractivity contribution in [3.8, 4) is 0 Å². The van der Waals surface area contributed by atoms with Gasteiger partial charge in [-0.15, -0.1) is 35.6 Å². The summed E-state index contributed by atoms with van der Waals surface area (Å²) in [6.07, 6.45) is 0. The summed E-state index contributed by atoms with van der Waals surface area (Å²) in [4.78, 5) is 24.1. The fraction of sp³-hybridized carbons (Fsp3) is 0.333. The zero-order chi connectivity index (χ0) is 20.7. The first-order chi connectivity index (χ1) is 11.4. The monoisotopic (exact) mass is 332 g/mol. The molecule has 19 heavy (non-hydrogen) atoms. The van der Waals surface area contributed by atoms with E-state index in [1.54, 1.807) is 12.1 Å². The molecule has 0 fully saturated rings. The van der Waals surface area contributed by atoms with Gasteiger partial charge in [0.2, 0.25) is 0 Å². The van der Waals surface area contributed by atoms with Crippen LogP contribution in [0.3, 0.4) is 0 Å². The highest BCUT2D eigenvalue weighted by Crippen LogP contribution is 2.21. The van der Waals surface area contributed by atoms with Crippen molar-refractivity contribution in [2.45, 2.75) is 0 Å². The van der Waals surface area contributed by atoms with Crippen LogP contribution >= 0.6 is 35.6 Å². The largest absolute Gasteiger partial charge is 0.329 e. The van der Waals surface area contributed by atoms with Crippen LogP contribution in [0.25, 0.3) is 0 Å². The number of alkyl halides is 2. The van der Waals surface area contributed by atoms with Gasteiger partial charge < -0.3 is 5.73 Å². The minimum absolute atomic E-state index is 0. The first kappa shape index (κ1) is 8.47. The van der Waals surface area contributed by atoms with Gasteiger partial charge in [-0.3, -0.25) is 14.5 Å². The Labute approximate surface area is 139 Å². The molecule has 0 spiro atoms. The Balaban J connectivity index is 0.000000645. The molecule has 1 aromatic carbocycles. The maximum Gasteiger partial charge on any atom is 0.261 e. The molecule has 1 aliphatic heterocycles. The van der Waals surface area contributed by atoms with Crippen molar-refractivity contribution in [2.24, 2.45) is 5.73 Å². The molecule has 0 radical (unpaired) electrons. The zero-order valence-corrected chi connectivity index (χ0v) is 11.6. The van der Waals surface area contributed by atoms with Crippen molar-refractivity contribution in [1.82, 2.24) is 4.90 Å². The van der Waals surface area contributed by atoms with E-state index in [-0.39, 0.29) is 28.4 Å². The van der Waals surface area contributed by atoms with E-state index in [1.807, 2.05) is 0 Å². The molecule has 2 N–H and O–H groups in total. The quantitative estimate of drug-likeness (QED) is 0.681. The Morgan fingerprint density at radius 1 is 1.11 bits per heavy atom. The number of fused-ring (bicyclic) bond motifs is 1. The second-order valence-electron chi connectivity index (χ2n) is 2.94. The molecular formula is C12H15Cl3N2O2. The first-order valence-corrected chi connectivity index (χ1v) is 5.33. The van der Waals surface area contributed by atoms with Crippen molar-refractivity contribution in [3.63, 3.8) is 0 Å².